The highest BCUT2D eigenvalue weighted by Crippen LogP contribution is 2.13. The molecule has 0 unspecified atom stereocenters. The van der Waals surface area contributed by atoms with Crippen molar-refractivity contribution in [3.8, 4) is 5.75 Å². The van der Waals surface area contributed by atoms with Gasteiger partial charge in [0.05, 0.1) is 4.90 Å². The minimum atomic E-state index is -4.23. The van der Waals surface area contributed by atoms with Crippen LogP contribution in [0.25, 0.3) is 0 Å². The second kappa shape index (κ2) is 7.37. The fourth-order valence-corrected chi connectivity index (χ4v) is 2.52. The molecule has 0 heterocycles. The average Bonchev–Trinajstić information content (AvgIpc) is 2.55. The Balaban J connectivity index is 1.90. The number of amides is 1. The van der Waals surface area contributed by atoms with Crippen molar-refractivity contribution in [1.29, 1.82) is 0 Å². The van der Waals surface area contributed by atoms with Gasteiger partial charge in [0.25, 0.3) is 15.9 Å². The minimum Gasteiger partial charge on any atom is -0.484 e. The lowest BCUT2D eigenvalue weighted by Gasteiger charge is -2.10. The maximum absolute atomic E-state index is 13.1. The van der Waals surface area contributed by atoms with Gasteiger partial charge in [-0.1, -0.05) is 17.7 Å². The van der Waals surface area contributed by atoms with Crippen LogP contribution in [-0.2, 0) is 14.8 Å². The predicted octanol–water partition coefficient (Wildman–Crippen LogP) is 1.66. The van der Waals surface area contributed by atoms with Gasteiger partial charge in [0.1, 0.15) is 5.75 Å². The zero-order valence-electron chi connectivity index (χ0n) is 12.5. The van der Waals surface area contributed by atoms with Gasteiger partial charge in [-0.2, -0.15) is 0 Å². The molecule has 9 heteroatoms. The van der Waals surface area contributed by atoms with E-state index in [9.17, 15) is 22.0 Å². The molecule has 2 aromatic rings. The predicted molar refractivity (Wildman–Crippen MR) is 81.5 cm³/mol. The number of hydrogen-bond donors (Lipinski definition) is 2. The molecule has 2 N–H and O–H groups in total. The average molecular weight is 356 g/mol. The highest BCUT2D eigenvalue weighted by Gasteiger charge is 2.17. The van der Waals surface area contributed by atoms with Crippen molar-refractivity contribution in [1.82, 2.24) is 10.3 Å². The number of benzene rings is 2. The van der Waals surface area contributed by atoms with Crippen molar-refractivity contribution in [2.75, 3.05) is 6.61 Å². The summed E-state index contributed by atoms with van der Waals surface area (Å²) in [6, 6.07) is 8.95. The Labute approximate surface area is 137 Å². The van der Waals surface area contributed by atoms with E-state index < -0.39 is 39.1 Å². The molecule has 1 amide bonds. The van der Waals surface area contributed by atoms with Crippen molar-refractivity contribution in [3.63, 3.8) is 0 Å². The van der Waals surface area contributed by atoms with E-state index in [-0.39, 0.29) is 0 Å². The number of sulfonamides is 1. The van der Waals surface area contributed by atoms with E-state index in [4.69, 9.17) is 4.74 Å². The van der Waals surface area contributed by atoms with Gasteiger partial charge in [-0.05, 0) is 37.3 Å². The molecule has 0 saturated heterocycles. The Hall–Kier alpha value is -2.52. The van der Waals surface area contributed by atoms with Crippen LogP contribution >= 0.6 is 0 Å². The summed E-state index contributed by atoms with van der Waals surface area (Å²) in [4.78, 5) is 12.8. The number of hydrazine groups is 1. The topological polar surface area (TPSA) is 84.5 Å². The highest BCUT2D eigenvalue weighted by atomic mass is 32.2. The Kier molecular flexibility index (Phi) is 5.47. The van der Waals surface area contributed by atoms with Gasteiger partial charge in [-0.3, -0.25) is 10.2 Å². The molecule has 0 spiro atoms. The molecule has 0 saturated carbocycles. The van der Waals surface area contributed by atoms with Crippen LogP contribution in [0.2, 0.25) is 0 Å². The Morgan fingerprint density at radius 3 is 2.38 bits per heavy atom. The zero-order chi connectivity index (χ0) is 17.7. The molecule has 0 fully saturated rings. The van der Waals surface area contributed by atoms with E-state index in [2.05, 4.69) is 0 Å². The number of carbonyl (C=O) groups is 1. The summed E-state index contributed by atoms with van der Waals surface area (Å²) >= 11 is 0. The zero-order valence-corrected chi connectivity index (χ0v) is 13.4. The maximum Gasteiger partial charge on any atom is 0.272 e. The third-order valence-electron chi connectivity index (χ3n) is 2.92. The largest absolute Gasteiger partial charge is 0.484 e. The monoisotopic (exact) mass is 356 g/mol. The van der Waals surface area contributed by atoms with E-state index in [1.165, 1.54) is 0 Å². The number of hydrogen-bond acceptors (Lipinski definition) is 4. The summed E-state index contributed by atoms with van der Waals surface area (Å²) in [6.45, 7) is 1.47. The van der Waals surface area contributed by atoms with Gasteiger partial charge < -0.3 is 4.74 Å². The van der Waals surface area contributed by atoms with E-state index in [1.54, 1.807) is 29.1 Å². The number of carbonyl (C=O) groups excluding carboxylic acids is 1. The highest BCUT2D eigenvalue weighted by molar-refractivity contribution is 7.89. The fourth-order valence-electron chi connectivity index (χ4n) is 1.65. The van der Waals surface area contributed by atoms with E-state index >= 15 is 0 Å². The van der Waals surface area contributed by atoms with Crippen LogP contribution in [0, 0.1) is 18.6 Å². The number of nitrogens with one attached hydrogen (secondary N) is 2. The van der Waals surface area contributed by atoms with Crippen molar-refractivity contribution in [3.05, 3.63) is 59.7 Å². The third-order valence-corrected chi connectivity index (χ3v) is 4.16. The molecule has 0 aliphatic heterocycles. The number of rotatable bonds is 6. The molecule has 2 rings (SSSR count). The van der Waals surface area contributed by atoms with E-state index in [1.807, 2.05) is 12.3 Å². The molecule has 0 aromatic heterocycles. The summed E-state index contributed by atoms with van der Waals surface area (Å²) in [5, 5.41) is 0. The molecular weight excluding hydrogens is 342 g/mol. The van der Waals surface area contributed by atoms with Gasteiger partial charge in [0.2, 0.25) is 0 Å². The van der Waals surface area contributed by atoms with Crippen molar-refractivity contribution < 1.29 is 26.7 Å². The molecule has 0 radical (unpaired) electrons. The molecular formula is C15H14F2N2O4S. The molecule has 0 atom stereocenters. The summed E-state index contributed by atoms with van der Waals surface area (Å²) < 4.78 is 54.8. The number of ether oxygens (including phenoxy) is 1. The van der Waals surface area contributed by atoms with Crippen LogP contribution in [-0.4, -0.2) is 20.9 Å². The minimum absolute atomic E-state index is 0.427. The van der Waals surface area contributed by atoms with Gasteiger partial charge >= 0.3 is 0 Å². The van der Waals surface area contributed by atoms with Gasteiger partial charge in [-0.15, -0.1) is 4.83 Å². The van der Waals surface area contributed by atoms with Crippen LogP contribution < -0.4 is 15.0 Å². The Morgan fingerprint density at radius 1 is 1.08 bits per heavy atom. The standard InChI is InChI=1S/C15H14F2N2O4S/c1-10-2-4-11(5-3-10)23-9-15(20)18-19-24(21,22)12-6-7-13(16)14(17)8-12/h2-8,19H,9H2,1H3,(H,18,20). The van der Waals surface area contributed by atoms with Crippen LogP contribution in [0.15, 0.2) is 47.4 Å². The Bertz CT molecular complexity index is 839. The lowest BCUT2D eigenvalue weighted by Crippen LogP contribution is -2.43. The summed E-state index contributed by atoms with van der Waals surface area (Å²) in [5.74, 6) is -2.81. The van der Waals surface area contributed by atoms with Crippen molar-refractivity contribution in [2.45, 2.75) is 11.8 Å². The summed E-state index contributed by atoms with van der Waals surface area (Å²) in [7, 11) is -4.23. The van der Waals surface area contributed by atoms with Crippen LogP contribution in [0.3, 0.4) is 0 Å². The smallest absolute Gasteiger partial charge is 0.272 e. The SMILES string of the molecule is Cc1ccc(OCC(=O)NNS(=O)(=O)c2ccc(F)c(F)c2)cc1. The Morgan fingerprint density at radius 2 is 1.75 bits per heavy atom. The van der Waals surface area contributed by atoms with E-state index in [0.717, 1.165) is 11.6 Å². The first-order valence-electron chi connectivity index (χ1n) is 6.73. The molecule has 0 aliphatic rings. The maximum atomic E-state index is 13.1. The third kappa shape index (κ3) is 4.74. The first-order valence-corrected chi connectivity index (χ1v) is 8.21. The molecule has 0 bridgehead atoms. The molecule has 2 aromatic carbocycles. The lowest BCUT2D eigenvalue weighted by atomic mass is 10.2. The van der Waals surface area contributed by atoms with Crippen LogP contribution in [0.4, 0.5) is 8.78 Å². The van der Waals surface area contributed by atoms with Crippen molar-refractivity contribution >= 4 is 15.9 Å². The number of halogens is 2. The van der Waals surface area contributed by atoms with Gasteiger partial charge in [0, 0.05) is 0 Å². The van der Waals surface area contributed by atoms with Gasteiger partial charge in [-0.25, -0.2) is 17.2 Å². The first-order chi connectivity index (χ1) is 11.3. The lowest BCUT2D eigenvalue weighted by molar-refractivity contribution is -0.123. The van der Waals surface area contributed by atoms with Crippen LogP contribution in [0.1, 0.15) is 5.56 Å². The molecule has 24 heavy (non-hydrogen) atoms. The second-order valence-corrected chi connectivity index (χ2v) is 6.51. The summed E-state index contributed by atoms with van der Waals surface area (Å²) in [5.41, 5.74) is 2.94. The number of aryl methyl sites for hydroxylation is 1. The fraction of sp³-hybridized carbons (Fsp3) is 0.133. The molecule has 6 nitrogen and oxygen atoms in total. The normalized spacial score (nSPS) is 11.1. The van der Waals surface area contributed by atoms with Crippen LogP contribution in [0.5, 0.6) is 5.75 Å². The molecule has 128 valence electrons. The van der Waals surface area contributed by atoms with E-state index in [0.29, 0.717) is 17.9 Å². The molecule has 0 aliphatic carbocycles. The first kappa shape index (κ1) is 17.8. The second-order valence-electron chi connectivity index (χ2n) is 4.83. The summed E-state index contributed by atoms with van der Waals surface area (Å²) in [6.07, 6.45) is 0. The quantitative estimate of drug-likeness (QED) is 0.771. The van der Waals surface area contributed by atoms with Gasteiger partial charge in [0.15, 0.2) is 18.2 Å². The van der Waals surface area contributed by atoms with Crippen molar-refractivity contribution in [2.24, 2.45) is 0 Å².